The molecular weight excluding hydrogens is 556 g/mol. The minimum absolute atomic E-state index is 0.0135. The van der Waals surface area contributed by atoms with Crippen LogP contribution in [0, 0.1) is 23.5 Å². The van der Waals surface area contributed by atoms with Crippen molar-refractivity contribution in [3.63, 3.8) is 0 Å². The standard InChI is InChI=1S/C34H37F2NO4S/c1-20-15-16-37(19-20)21(2)7-8-22-9-11-24(12-10-22)34-30(25-5-4-6-26(17-25)42(3,39)40)29(23-13-14-23)31-28(41-34)18-27(35)33(38)32(31)36/h4-6,9-12,17-18,20-21,23,34,38H,7-8,13-16,19H2,1-3H3. The average molecular weight is 594 g/mol. The number of likely N-dealkylation sites (tertiary alicyclic amines) is 1. The van der Waals surface area contributed by atoms with Crippen LogP contribution < -0.4 is 4.74 Å². The van der Waals surface area contributed by atoms with E-state index in [-0.39, 0.29) is 22.1 Å². The maximum Gasteiger partial charge on any atom is 0.188 e. The van der Waals surface area contributed by atoms with Crippen molar-refractivity contribution in [3.8, 4) is 11.5 Å². The van der Waals surface area contributed by atoms with Crippen molar-refractivity contribution < 1.29 is 27.0 Å². The molecule has 0 bridgehead atoms. The Hall–Kier alpha value is -3.23. The van der Waals surface area contributed by atoms with Crippen LogP contribution in [0.15, 0.2) is 59.5 Å². The van der Waals surface area contributed by atoms with Gasteiger partial charge in [0, 0.05) is 30.5 Å². The van der Waals surface area contributed by atoms with Gasteiger partial charge in [-0.2, -0.15) is 0 Å². The van der Waals surface area contributed by atoms with Crippen molar-refractivity contribution in [2.45, 2.75) is 63.0 Å². The molecule has 3 aromatic rings. The van der Waals surface area contributed by atoms with Gasteiger partial charge in [0.15, 0.2) is 27.2 Å². The van der Waals surface area contributed by atoms with Crippen LogP contribution in [0.3, 0.4) is 0 Å². The van der Waals surface area contributed by atoms with Gasteiger partial charge in [0.05, 0.1) is 10.5 Å². The number of fused-ring (bicyclic) bond motifs is 1. The first kappa shape index (κ1) is 28.9. The Morgan fingerprint density at radius 1 is 1.05 bits per heavy atom. The summed E-state index contributed by atoms with van der Waals surface area (Å²) in [5.41, 5.74) is 3.92. The number of rotatable bonds is 8. The van der Waals surface area contributed by atoms with Crippen molar-refractivity contribution in [1.82, 2.24) is 4.90 Å². The third kappa shape index (κ3) is 5.59. The van der Waals surface area contributed by atoms with Crippen LogP contribution in [-0.4, -0.2) is 43.8 Å². The van der Waals surface area contributed by atoms with Crippen molar-refractivity contribution >= 4 is 21.0 Å². The molecule has 2 aliphatic heterocycles. The summed E-state index contributed by atoms with van der Waals surface area (Å²) in [6, 6.07) is 16.3. The Morgan fingerprint density at radius 2 is 1.79 bits per heavy atom. The molecule has 0 radical (unpaired) electrons. The summed E-state index contributed by atoms with van der Waals surface area (Å²) in [7, 11) is -3.51. The lowest BCUT2D eigenvalue weighted by Gasteiger charge is -2.33. The molecule has 1 N–H and O–H groups in total. The lowest BCUT2D eigenvalue weighted by Crippen LogP contribution is -2.31. The maximum atomic E-state index is 15.5. The van der Waals surface area contributed by atoms with E-state index >= 15 is 4.39 Å². The van der Waals surface area contributed by atoms with Crippen LogP contribution in [0.2, 0.25) is 0 Å². The maximum absolute atomic E-state index is 15.5. The van der Waals surface area contributed by atoms with Gasteiger partial charge in [-0.05, 0) is 91.8 Å². The van der Waals surface area contributed by atoms with Gasteiger partial charge < -0.3 is 14.7 Å². The normalized spacial score (nSPS) is 21.7. The Labute approximate surface area is 246 Å². The first-order valence-electron chi connectivity index (χ1n) is 14.8. The van der Waals surface area contributed by atoms with Crippen molar-refractivity contribution in [1.29, 1.82) is 0 Å². The van der Waals surface area contributed by atoms with E-state index in [1.165, 1.54) is 18.1 Å². The largest absolute Gasteiger partial charge is 0.503 e. The summed E-state index contributed by atoms with van der Waals surface area (Å²) in [5.74, 6) is -2.41. The van der Waals surface area contributed by atoms with E-state index in [0.717, 1.165) is 62.6 Å². The summed E-state index contributed by atoms with van der Waals surface area (Å²) in [5, 5.41) is 10.2. The lowest BCUT2D eigenvalue weighted by molar-refractivity contribution is 0.240. The Bertz CT molecular complexity index is 1650. The summed E-state index contributed by atoms with van der Waals surface area (Å²) in [6.07, 6.45) is 5.28. The fraction of sp³-hybridized carbons (Fsp3) is 0.412. The van der Waals surface area contributed by atoms with Crippen LogP contribution >= 0.6 is 0 Å². The Balaban J connectivity index is 1.40. The highest BCUT2D eigenvalue weighted by molar-refractivity contribution is 7.90. The number of benzene rings is 3. The molecule has 222 valence electrons. The third-order valence-corrected chi connectivity index (χ3v) is 10.1. The van der Waals surface area contributed by atoms with E-state index in [1.54, 1.807) is 18.2 Å². The first-order chi connectivity index (χ1) is 20.0. The molecule has 1 saturated heterocycles. The number of halogens is 2. The summed E-state index contributed by atoms with van der Waals surface area (Å²) >= 11 is 0. The number of phenols is 1. The molecular formula is C34H37F2NO4S. The molecule has 3 atom stereocenters. The zero-order valence-electron chi connectivity index (χ0n) is 24.2. The molecule has 8 heteroatoms. The molecule has 1 saturated carbocycles. The van der Waals surface area contributed by atoms with Crippen molar-refractivity contribution in [2.75, 3.05) is 19.3 Å². The average Bonchev–Trinajstić information content (AvgIpc) is 3.72. The van der Waals surface area contributed by atoms with E-state index < -0.39 is 33.3 Å². The van der Waals surface area contributed by atoms with E-state index in [4.69, 9.17) is 4.74 Å². The van der Waals surface area contributed by atoms with Crippen molar-refractivity contribution in [3.05, 3.63) is 88.5 Å². The van der Waals surface area contributed by atoms with E-state index in [1.807, 2.05) is 12.1 Å². The van der Waals surface area contributed by atoms with Gasteiger partial charge in [-0.25, -0.2) is 17.2 Å². The topological polar surface area (TPSA) is 66.8 Å². The van der Waals surface area contributed by atoms with Crippen LogP contribution in [0.5, 0.6) is 11.5 Å². The summed E-state index contributed by atoms with van der Waals surface area (Å²) < 4.78 is 61.3. The fourth-order valence-corrected chi connectivity index (χ4v) is 7.08. The van der Waals surface area contributed by atoms with E-state index in [9.17, 15) is 17.9 Å². The van der Waals surface area contributed by atoms with Gasteiger partial charge in [0.1, 0.15) is 11.9 Å². The zero-order chi connectivity index (χ0) is 29.8. The van der Waals surface area contributed by atoms with Gasteiger partial charge >= 0.3 is 0 Å². The monoisotopic (exact) mass is 593 g/mol. The highest BCUT2D eigenvalue weighted by atomic mass is 32.2. The lowest BCUT2D eigenvalue weighted by atomic mass is 9.83. The van der Waals surface area contributed by atoms with Gasteiger partial charge in [0.2, 0.25) is 0 Å². The minimum atomic E-state index is -3.51. The molecule has 0 amide bonds. The smallest absolute Gasteiger partial charge is 0.188 e. The number of hydrogen-bond acceptors (Lipinski definition) is 5. The second kappa shape index (κ2) is 11.1. The Morgan fingerprint density at radius 3 is 2.43 bits per heavy atom. The highest BCUT2D eigenvalue weighted by Gasteiger charge is 2.41. The number of ether oxygens (including phenoxy) is 1. The molecule has 1 aliphatic carbocycles. The molecule has 3 aromatic carbocycles. The number of nitrogens with zero attached hydrogens (tertiary/aromatic N) is 1. The van der Waals surface area contributed by atoms with Gasteiger partial charge in [-0.3, -0.25) is 0 Å². The predicted molar refractivity (Wildman–Crippen MR) is 160 cm³/mol. The van der Waals surface area contributed by atoms with Crippen LogP contribution in [0.25, 0.3) is 11.1 Å². The zero-order valence-corrected chi connectivity index (χ0v) is 25.1. The number of aryl methyl sites for hydroxylation is 1. The SMILES string of the molecule is CC1CCN(C(C)CCc2ccc(C3Oc4cc(F)c(O)c(F)c4C(C4CC4)=C3c3cccc(S(C)(=O)=O)c3)cc2)C1. The fourth-order valence-electron chi connectivity index (χ4n) is 6.41. The molecule has 6 rings (SSSR count). The molecule has 5 nitrogen and oxygen atoms in total. The molecule has 0 aromatic heterocycles. The van der Waals surface area contributed by atoms with E-state index in [0.29, 0.717) is 22.8 Å². The van der Waals surface area contributed by atoms with Gasteiger partial charge in [-0.15, -0.1) is 0 Å². The summed E-state index contributed by atoms with van der Waals surface area (Å²) in [6.45, 7) is 6.90. The Kier molecular flexibility index (Phi) is 7.64. The van der Waals surface area contributed by atoms with Crippen LogP contribution in [0.1, 0.15) is 67.9 Å². The van der Waals surface area contributed by atoms with Crippen molar-refractivity contribution in [2.24, 2.45) is 11.8 Å². The quantitative estimate of drug-likeness (QED) is 0.300. The van der Waals surface area contributed by atoms with Gasteiger partial charge in [-0.1, -0.05) is 43.3 Å². The predicted octanol–water partition coefficient (Wildman–Crippen LogP) is 7.19. The van der Waals surface area contributed by atoms with Crippen LogP contribution in [-0.2, 0) is 16.3 Å². The molecule has 42 heavy (non-hydrogen) atoms. The third-order valence-electron chi connectivity index (χ3n) is 9.00. The van der Waals surface area contributed by atoms with E-state index in [2.05, 4.69) is 30.9 Å². The second-order valence-electron chi connectivity index (χ2n) is 12.3. The molecule has 3 unspecified atom stereocenters. The molecule has 0 spiro atoms. The number of aromatic hydroxyl groups is 1. The number of allylic oxidation sites excluding steroid dienone is 1. The second-order valence-corrected chi connectivity index (χ2v) is 14.3. The number of sulfone groups is 1. The first-order valence-corrected chi connectivity index (χ1v) is 16.7. The minimum Gasteiger partial charge on any atom is -0.503 e. The summed E-state index contributed by atoms with van der Waals surface area (Å²) in [4.78, 5) is 2.70. The van der Waals surface area contributed by atoms with Gasteiger partial charge in [0.25, 0.3) is 0 Å². The van der Waals surface area contributed by atoms with Crippen LogP contribution in [0.4, 0.5) is 8.78 Å². The molecule has 2 heterocycles. The molecule has 2 fully saturated rings. The number of hydrogen-bond donors (Lipinski definition) is 1. The number of phenolic OH excluding ortho intramolecular Hbond substituents is 1. The highest BCUT2D eigenvalue weighted by Crippen LogP contribution is 2.56. The molecule has 3 aliphatic rings.